The van der Waals surface area contributed by atoms with Crippen molar-refractivity contribution in [3.8, 4) is 5.75 Å². The highest BCUT2D eigenvalue weighted by Crippen LogP contribution is 2.18. The van der Waals surface area contributed by atoms with Crippen molar-refractivity contribution in [2.24, 2.45) is 0 Å². The molecule has 0 aliphatic carbocycles. The number of nitrogens with zero attached hydrogens (tertiary/aromatic N) is 1. The van der Waals surface area contributed by atoms with Crippen LogP contribution in [0.3, 0.4) is 0 Å². The van der Waals surface area contributed by atoms with Gasteiger partial charge in [-0.2, -0.15) is 5.10 Å². The van der Waals surface area contributed by atoms with Crippen LogP contribution >= 0.6 is 12.2 Å². The van der Waals surface area contributed by atoms with Crippen molar-refractivity contribution in [3.63, 3.8) is 0 Å². The molecule has 162 valence electrons. The smallest absolute Gasteiger partial charge is 0.257 e. The lowest BCUT2D eigenvalue weighted by atomic mass is 10.0. The van der Waals surface area contributed by atoms with Gasteiger partial charge in [-0.25, -0.2) is 0 Å². The lowest BCUT2D eigenvalue weighted by Crippen LogP contribution is -2.34. The zero-order valence-corrected chi connectivity index (χ0v) is 18.9. The summed E-state index contributed by atoms with van der Waals surface area (Å²) in [6.45, 7) is 6.77. The second-order valence-electron chi connectivity index (χ2n) is 7.42. The number of aromatic nitrogens is 2. The van der Waals surface area contributed by atoms with Crippen LogP contribution in [-0.2, 0) is 6.42 Å². The van der Waals surface area contributed by atoms with Gasteiger partial charge in [0.1, 0.15) is 5.75 Å². The molecule has 0 bridgehead atoms. The number of ether oxygens (including phenoxy) is 1. The predicted molar refractivity (Wildman–Crippen MR) is 128 cm³/mol. The number of rotatable bonds is 8. The molecular formula is C24H28N4O2S. The van der Waals surface area contributed by atoms with Crippen molar-refractivity contribution in [2.45, 2.75) is 40.0 Å². The molecule has 6 nitrogen and oxygen atoms in total. The molecule has 0 radical (unpaired) electrons. The van der Waals surface area contributed by atoms with E-state index in [-0.39, 0.29) is 11.0 Å². The third kappa shape index (κ3) is 6.39. The molecule has 1 heterocycles. The molecule has 3 aromatic rings. The van der Waals surface area contributed by atoms with Crippen LogP contribution in [0.15, 0.2) is 48.5 Å². The Bertz CT molecular complexity index is 1020. The largest absolute Gasteiger partial charge is 0.494 e. The number of hydrogen-bond donors (Lipinski definition) is 3. The van der Waals surface area contributed by atoms with Gasteiger partial charge in [-0.15, -0.1) is 0 Å². The molecule has 0 unspecified atom stereocenters. The number of carbonyl (C=O) groups is 1. The first kappa shape index (κ1) is 22.5. The van der Waals surface area contributed by atoms with Crippen LogP contribution in [-0.4, -0.2) is 27.8 Å². The lowest BCUT2D eigenvalue weighted by Gasteiger charge is -2.11. The Labute approximate surface area is 188 Å². The first-order chi connectivity index (χ1) is 15.0. The van der Waals surface area contributed by atoms with Crippen LogP contribution < -0.4 is 15.4 Å². The number of benzene rings is 2. The van der Waals surface area contributed by atoms with Crippen molar-refractivity contribution in [1.82, 2.24) is 15.5 Å². The molecule has 7 heteroatoms. The second kappa shape index (κ2) is 10.7. The number of thiocarbonyl (C=S) groups is 1. The summed E-state index contributed by atoms with van der Waals surface area (Å²) >= 11 is 5.30. The van der Waals surface area contributed by atoms with Crippen molar-refractivity contribution >= 4 is 28.9 Å². The number of carbonyl (C=O) groups excluding carboxylic acids is 1. The molecule has 0 atom stereocenters. The van der Waals surface area contributed by atoms with E-state index in [0.717, 1.165) is 36.3 Å². The van der Waals surface area contributed by atoms with E-state index < -0.39 is 0 Å². The van der Waals surface area contributed by atoms with Gasteiger partial charge < -0.3 is 10.1 Å². The van der Waals surface area contributed by atoms with E-state index in [1.54, 1.807) is 18.2 Å². The Hall–Kier alpha value is -3.19. The van der Waals surface area contributed by atoms with Crippen LogP contribution in [0, 0.1) is 13.8 Å². The van der Waals surface area contributed by atoms with Gasteiger partial charge in [-0.05, 0) is 68.4 Å². The fraction of sp³-hybridized carbons (Fsp3) is 0.292. The van der Waals surface area contributed by atoms with Gasteiger partial charge in [0.25, 0.3) is 5.91 Å². The molecule has 0 spiro atoms. The summed E-state index contributed by atoms with van der Waals surface area (Å²) in [4.78, 5) is 12.5. The molecule has 2 aromatic carbocycles. The van der Waals surface area contributed by atoms with Crippen LogP contribution in [0.5, 0.6) is 5.75 Å². The maximum atomic E-state index is 12.5. The highest BCUT2D eigenvalue weighted by Gasteiger charge is 2.10. The maximum absolute atomic E-state index is 12.5. The number of nitrogens with one attached hydrogen (secondary N) is 3. The van der Waals surface area contributed by atoms with E-state index >= 15 is 0 Å². The van der Waals surface area contributed by atoms with Gasteiger partial charge in [-0.3, -0.25) is 15.2 Å². The van der Waals surface area contributed by atoms with E-state index in [9.17, 15) is 4.79 Å². The lowest BCUT2D eigenvalue weighted by molar-refractivity contribution is 0.0977. The van der Waals surface area contributed by atoms with Gasteiger partial charge in [0.2, 0.25) is 0 Å². The molecule has 3 rings (SSSR count). The van der Waals surface area contributed by atoms with E-state index in [1.807, 2.05) is 44.2 Å². The monoisotopic (exact) mass is 436 g/mol. The standard InChI is InChI=1S/C24H28N4O2S/c1-4-5-13-30-21-8-6-7-19(15-21)23(29)26-24(31)25-20-11-9-18(10-12-20)14-22-16(2)27-28-17(22)3/h6-12,15H,4-5,13-14H2,1-3H3,(H,27,28)(H2,25,26,29,31). The number of anilines is 1. The Morgan fingerprint density at radius 1 is 1.16 bits per heavy atom. The quantitative estimate of drug-likeness (QED) is 0.345. The first-order valence-corrected chi connectivity index (χ1v) is 10.8. The van der Waals surface area contributed by atoms with Crippen molar-refractivity contribution in [3.05, 3.63) is 76.6 Å². The summed E-state index contributed by atoms with van der Waals surface area (Å²) in [5.74, 6) is 0.402. The molecule has 1 aromatic heterocycles. The molecule has 0 saturated heterocycles. The number of aryl methyl sites for hydroxylation is 2. The summed E-state index contributed by atoms with van der Waals surface area (Å²) in [5.41, 5.74) is 5.80. The molecule has 1 amide bonds. The van der Waals surface area contributed by atoms with Crippen LogP contribution in [0.4, 0.5) is 5.69 Å². The molecule has 0 aliphatic heterocycles. The van der Waals surface area contributed by atoms with Gasteiger partial charge in [0.15, 0.2) is 5.11 Å². The molecule has 0 fully saturated rings. The predicted octanol–water partition coefficient (Wildman–Crippen LogP) is 4.92. The average molecular weight is 437 g/mol. The van der Waals surface area contributed by atoms with Crippen molar-refractivity contribution < 1.29 is 9.53 Å². The van der Waals surface area contributed by atoms with E-state index in [1.165, 1.54) is 11.1 Å². The minimum atomic E-state index is -0.277. The maximum Gasteiger partial charge on any atom is 0.257 e. The van der Waals surface area contributed by atoms with E-state index in [4.69, 9.17) is 17.0 Å². The highest BCUT2D eigenvalue weighted by molar-refractivity contribution is 7.80. The molecule has 0 saturated carbocycles. The van der Waals surface area contributed by atoms with Crippen LogP contribution in [0.2, 0.25) is 0 Å². The van der Waals surface area contributed by atoms with Gasteiger partial charge >= 0.3 is 0 Å². The van der Waals surface area contributed by atoms with Crippen molar-refractivity contribution in [1.29, 1.82) is 0 Å². The summed E-state index contributed by atoms with van der Waals surface area (Å²) in [7, 11) is 0. The zero-order chi connectivity index (χ0) is 22.2. The molecule has 31 heavy (non-hydrogen) atoms. The second-order valence-corrected chi connectivity index (χ2v) is 7.83. The molecular weight excluding hydrogens is 408 g/mol. The minimum Gasteiger partial charge on any atom is -0.494 e. The Morgan fingerprint density at radius 3 is 2.61 bits per heavy atom. The Balaban J connectivity index is 1.54. The molecule has 0 aliphatic rings. The number of H-pyrrole nitrogens is 1. The van der Waals surface area contributed by atoms with Crippen LogP contribution in [0.25, 0.3) is 0 Å². The van der Waals surface area contributed by atoms with E-state index in [0.29, 0.717) is 17.9 Å². The number of unbranched alkanes of at least 4 members (excludes halogenated alkanes) is 1. The number of amides is 1. The topological polar surface area (TPSA) is 79.0 Å². The summed E-state index contributed by atoms with van der Waals surface area (Å²) in [6, 6.07) is 15.1. The average Bonchev–Trinajstić information content (AvgIpc) is 3.07. The normalized spacial score (nSPS) is 10.5. The summed E-state index contributed by atoms with van der Waals surface area (Å²) in [5, 5.41) is 13.3. The third-order valence-corrected chi connectivity index (χ3v) is 5.17. The number of aromatic amines is 1. The van der Waals surface area contributed by atoms with Gasteiger partial charge in [0.05, 0.1) is 12.3 Å². The van der Waals surface area contributed by atoms with Gasteiger partial charge in [0, 0.05) is 28.9 Å². The molecule has 3 N–H and O–H groups in total. The number of hydrogen-bond acceptors (Lipinski definition) is 4. The first-order valence-electron chi connectivity index (χ1n) is 10.4. The minimum absolute atomic E-state index is 0.247. The highest BCUT2D eigenvalue weighted by atomic mass is 32.1. The third-order valence-electron chi connectivity index (χ3n) is 4.96. The fourth-order valence-corrected chi connectivity index (χ4v) is 3.35. The van der Waals surface area contributed by atoms with Gasteiger partial charge in [-0.1, -0.05) is 31.5 Å². The van der Waals surface area contributed by atoms with Crippen LogP contribution in [0.1, 0.15) is 52.6 Å². The van der Waals surface area contributed by atoms with Crippen molar-refractivity contribution in [2.75, 3.05) is 11.9 Å². The van der Waals surface area contributed by atoms with E-state index in [2.05, 4.69) is 27.8 Å². The zero-order valence-electron chi connectivity index (χ0n) is 18.1. The SMILES string of the molecule is CCCCOc1cccc(C(=O)NC(=S)Nc2ccc(Cc3c(C)n[nH]c3C)cc2)c1. The summed E-state index contributed by atoms with van der Waals surface area (Å²) < 4.78 is 5.67. The Kier molecular flexibility index (Phi) is 7.78. The Morgan fingerprint density at radius 2 is 1.94 bits per heavy atom. The summed E-state index contributed by atoms with van der Waals surface area (Å²) in [6.07, 6.45) is 2.85. The fourth-order valence-electron chi connectivity index (χ4n) is 3.14.